The number of aromatic amines is 1. The van der Waals surface area contributed by atoms with Gasteiger partial charge in [-0.2, -0.15) is 10.4 Å². The van der Waals surface area contributed by atoms with Crippen molar-refractivity contribution in [3.05, 3.63) is 65.9 Å². The molecule has 2 aromatic carbocycles. The molecule has 0 aliphatic carbocycles. The summed E-state index contributed by atoms with van der Waals surface area (Å²) in [5.41, 5.74) is 5.84. The van der Waals surface area contributed by atoms with E-state index < -0.39 is 0 Å². The summed E-state index contributed by atoms with van der Waals surface area (Å²) in [7, 11) is 0. The van der Waals surface area contributed by atoms with Crippen LogP contribution in [0.1, 0.15) is 11.1 Å². The lowest BCUT2D eigenvalue weighted by Gasteiger charge is -2.07. The zero-order valence-electron chi connectivity index (χ0n) is 11.1. The average molecular weight is 259 g/mol. The number of rotatable bonds is 2. The van der Waals surface area contributed by atoms with Crippen molar-refractivity contribution >= 4 is 0 Å². The molecule has 0 amide bonds. The highest BCUT2D eigenvalue weighted by molar-refractivity contribution is 5.75. The van der Waals surface area contributed by atoms with Crippen LogP contribution in [0.3, 0.4) is 0 Å². The lowest BCUT2D eigenvalue weighted by Crippen LogP contribution is -1.87. The third-order valence-electron chi connectivity index (χ3n) is 3.32. The van der Waals surface area contributed by atoms with E-state index in [0.717, 1.165) is 22.4 Å². The lowest BCUT2D eigenvalue weighted by molar-refractivity contribution is 1.09. The Morgan fingerprint density at radius 2 is 1.75 bits per heavy atom. The van der Waals surface area contributed by atoms with E-state index in [-0.39, 0.29) is 0 Å². The van der Waals surface area contributed by atoms with Gasteiger partial charge in [0.15, 0.2) is 0 Å². The Hall–Kier alpha value is -2.86. The number of H-pyrrole nitrogens is 1. The van der Waals surface area contributed by atoms with E-state index >= 15 is 0 Å². The van der Waals surface area contributed by atoms with Gasteiger partial charge in [0, 0.05) is 11.8 Å². The quantitative estimate of drug-likeness (QED) is 0.758. The molecule has 3 heteroatoms. The van der Waals surface area contributed by atoms with E-state index in [4.69, 9.17) is 0 Å². The Morgan fingerprint density at radius 1 is 1.00 bits per heavy atom. The van der Waals surface area contributed by atoms with Gasteiger partial charge in [-0.1, -0.05) is 35.9 Å². The Balaban J connectivity index is 2.13. The maximum Gasteiger partial charge on any atom is 0.0998 e. The standard InChI is InChI=1S/C17H13N3/c1-12-2-4-13(5-3-12)14-6-7-15(11-18)16(10-14)17-8-9-19-20-17/h2-10H,1H3,(H,19,20). The zero-order valence-corrected chi connectivity index (χ0v) is 11.1. The minimum atomic E-state index is 0.644. The molecule has 1 N–H and O–H groups in total. The fourth-order valence-corrected chi connectivity index (χ4v) is 2.20. The molecule has 0 saturated carbocycles. The van der Waals surface area contributed by atoms with Crippen LogP contribution in [0.15, 0.2) is 54.7 Å². The summed E-state index contributed by atoms with van der Waals surface area (Å²) < 4.78 is 0. The summed E-state index contributed by atoms with van der Waals surface area (Å²) in [6, 6.07) is 18.3. The Bertz CT molecular complexity index is 763. The second kappa shape index (κ2) is 5.02. The van der Waals surface area contributed by atoms with Crippen LogP contribution in [0.4, 0.5) is 0 Å². The molecule has 0 spiro atoms. The topological polar surface area (TPSA) is 52.5 Å². The highest BCUT2D eigenvalue weighted by Crippen LogP contribution is 2.28. The first kappa shape index (κ1) is 12.2. The first-order valence-electron chi connectivity index (χ1n) is 6.39. The summed E-state index contributed by atoms with van der Waals surface area (Å²) in [6.07, 6.45) is 1.69. The lowest BCUT2D eigenvalue weighted by atomic mass is 9.97. The molecule has 0 aliphatic heterocycles. The molecular weight excluding hydrogens is 246 g/mol. The van der Waals surface area contributed by atoms with Gasteiger partial charge in [-0.25, -0.2) is 0 Å². The van der Waals surface area contributed by atoms with E-state index in [1.807, 2.05) is 24.3 Å². The number of nitrogens with one attached hydrogen (secondary N) is 1. The average Bonchev–Trinajstić information content (AvgIpc) is 3.01. The summed E-state index contributed by atoms with van der Waals surface area (Å²) in [5, 5.41) is 16.1. The van der Waals surface area contributed by atoms with Crippen molar-refractivity contribution in [3.63, 3.8) is 0 Å². The summed E-state index contributed by atoms with van der Waals surface area (Å²) in [6.45, 7) is 2.07. The highest BCUT2D eigenvalue weighted by Gasteiger charge is 2.08. The minimum Gasteiger partial charge on any atom is -0.278 e. The Labute approximate surface area is 117 Å². The van der Waals surface area contributed by atoms with Crippen molar-refractivity contribution in [2.75, 3.05) is 0 Å². The predicted octanol–water partition coefficient (Wildman–Crippen LogP) is 3.92. The maximum absolute atomic E-state index is 9.23. The Kier molecular flexibility index (Phi) is 3.06. The molecular formula is C17H13N3. The molecule has 96 valence electrons. The number of hydrogen-bond donors (Lipinski definition) is 1. The van der Waals surface area contributed by atoms with Crippen molar-refractivity contribution in [1.29, 1.82) is 5.26 Å². The number of nitriles is 1. The van der Waals surface area contributed by atoms with Gasteiger partial charge in [0.1, 0.15) is 0 Å². The van der Waals surface area contributed by atoms with Crippen LogP contribution in [0.25, 0.3) is 22.4 Å². The van der Waals surface area contributed by atoms with E-state index in [9.17, 15) is 5.26 Å². The van der Waals surface area contributed by atoms with Gasteiger partial charge in [-0.15, -0.1) is 0 Å². The van der Waals surface area contributed by atoms with E-state index in [1.165, 1.54) is 5.56 Å². The van der Waals surface area contributed by atoms with Gasteiger partial charge >= 0.3 is 0 Å². The molecule has 3 nitrogen and oxygen atoms in total. The van der Waals surface area contributed by atoms with Crippen molar-refractivity contribution in [3.8, 4) is 28.5 Å². The van der Waals surface area contributed by atoms with Gasteiger partial charge in [0.25, 0.3) is 0 Å². The molecule has 3 aromatic rings. The Morgan fingerprint density at radius 3 is 2.40 bits per heavy atom. The molecule has 0 aliphatic rings. The van der Waals surface area contributed by atoms with Gasteiger partial charge in [-0.3, -0.25) is 5.10 Å². The van der Waals surface area contributed by atoms with E-state index in [2.05, 4.69) is 47.5 Å². The number of hydrogen-bond acceptors (Lipinski definition) is 2. The fraction of sp³-hybridized carbons (Fsp3) is 0.0588. The molecule has 0 bridgehead atoms. The van der Waals surface area contributed by atoms with Crippen molar-refractivity contribution < 1.29 is 0 Å². The molecule has 0 atom stereocenters. The zero-order chi connectivity index (χ0) is 13.9. The highest BCUT2D eigenvalue weighted by atomic mass is 15.1. The van der Waals surface area contributed by atoms with Crippen LogP contribution in [0.2, 0.25) is 0 Å². The molecule has 3 rings (SSSR count). The van der Waals surface area contributed by atoms with Crippen LogP contribution in [-0.4, -0.2) is 10.2 Å². The third-order valence-corrected chi connectivity index (χ3v) is 3.32. The van der Waals surface area contributed by atoms with E-state index in [0.29, 0.717) is 5.56 Å². The number of aromatic nitrogens is 2. The van der Waals surface area contributed by atoms with Crippen molar-refractivity contribution in [1.82, 2.24) is 10.2 Å². The largest absolute Gasteiger partial charge is 0.278 e. The summed E-state index contributed by atoms with van der Waals surface area (Å²) in [5.74, 6) is 0. The molecule has 0 fully saturated rings. The molecule has 1 heterocycles. The minimum absolute atomic E-state index is 0.644. The van der Waals surface area contributed by atoms with Crippen molar-refractivity contribution in [2.45, 2.75) is 6.92 Å². The van der Waals surface area contributed by atoms with Gasteiger partial charge in [0.05, 0.1) is 17.3 Å². The second-order valence-corrected chi connectivity index (χ2v) is 4.71. The third kappa shape index (κ3) is 2.19. The SMILES string of the molecule is Cc1ccc(-c2ccc(C#N)c(-c3ccn[nH]3)c2)cc1. The first-order chi connectivity index (χ1) is 9.78. The molecule has 1 aromatic heterocycles. The van der Waals surface area contributed by atoms with Gasteiger partial charge < -0.3 is 0 Å². The summed E-state index contributed by atoms with van der Waals surface area (Å²) >= 11 is 0. The van der Waals surface area contributed by atoms with Gasteiger partial charge in [-0.05, 0) is 36.2 Å². The number of aryl methyl sites for hydroxylation is 1. The fourth-order valence-electron chi connectivity index (χ4n) is 2.20. The molecule has 0 saturated heterocycles. The van der Waals surface area contributed by atoms with E-state index in [1.54, 1.807) is 6.20 Å². The molecule has 0 unspecified atom stereocenters. The van der Waals surface area contributed by atoms with Crippen LogP contribution >= 0.6 is 0 Å². The maximum atomic E-state index is 9.23. The molecule has 0 radical (unpaired) electrons. The first-order valence-corrected chi connectivity index (χ1v) is 6.39. The summed E-state index contributed by atoms with van der Waals surface area (Å²) in [4.78, 5) is 0. The second-order valence-electron chi connectivity index (χ2n) is 4.71. The number of nitrogens with zero attached hydrogens (tertiary/aromatic N) is 2. The van der Waals surface area contributed by atoms with Crippen molar-refractivity contribution in [2.24, 2.45) is 0 Å². The number of benzene rings is 2. The van der Waals surface area contributed by atoms with Crippen LogP contribution in [0.5, 0.6) is 0 Å². The van der Waals surface area contributed by atoms with Crippen LogP contribution < -0.4 is 0 Å². The predicted molar refractivity (Wildman–Crippen MR) is 78.9 cm³/mol. The smallest absolute Gasteiger partial charge is 0.0998 e. The van der Waals surface area contributed by atoms with Crippen LogP contribution in [0, 0.1) is 18.3 Å². The van der Waals surface area contributed by atoms with Crippen LogP contribution in [-0.2, 0) is 0 Å². The van der Waals surface area contributed by atoms with Gasteiger partial charge in [0.2, 0.25) is 0 Å². The normalized spacial score (nSPS) is 10.2. The molecule has 20 heavy (non-hydrogen) atoms. The monoisotopic (exact) mass is 259 g/mol.